The van der Waals surface area contributed by atoms with Crippen molar-refractivity contribution in [2.24, 2.45) is 0 Å². The summed E-state index contributed by atoms with van der Waals surface area (Å²) in [7, 11) is -4.74. The lowest BCUT2D eigenvalue weighted by Gasteiger charge is -2.46. The maximum atomic E-state index is 15.5. The van der Waals surface area contributed by atoms with Gasteiger partial charge in [-0.25, -0.2) is 14.2 Å². The highest BCUT2D eigenvalue weighted by Crippen LogP contribution is 2.58. The maximum Gasteiger partial charge on any atom is 0.475 e. The number of aromatic amines is 2. The highest BCUT2D eigenvalue weighted by atomic mass is 31.2. The van der Waals surface area contributed by atoms with E-state index < -0.39 is 92.3 Å². The van der Waals surface area contributed by atoms with Crippen molar-refractivity contribution in [2.75, 3.05) is 27.4 Å². The molecule has 3 aliphatic heterocycles. The third-order valence-electron chi connectivity index (χ3n) is 15.1. The molecule has 8 atom stereocenters. The van der Waals surface area contributed by atoms with Crippen LogP contribution < -0.4 is 42.3 Å². The average Bonchev–Trinajstić information content (AvgIpc) is 4.29. The number of nitrogens with zero attached hydrogens (tertiary/aromatic N) is 2. The van der Waals surface area contributed by atoms with Crippen molar-refractivity contribution in [3.63, 3.8) is 0 Å². The van der Waals surface area contributed by atoms with Gasteiger partial charge in [-0.15, -0.1) is 0 Å². The Kier molecular flexibility index (Phi) is 16.0. The maximum absolute atomic E-state index is 15.5. The van der Waals surface area contributed by atoms with Gasteiger partial charge in [-0.05, 0) is 70.2 Å². The summed E-state index contributed by atoms with van der Waals surface area (Å²) >= 11 is 0. The normalized spacial score (nSPS) is 23.6. The van der Waals surface area contributed by atoms with Crippen LogP contribution in [0.4, 0.5) is 0 Å². The summed E-state index contributed by atoms with van der Waals surface area (Å²) in [5.41, 5.74) is -0.945. The van der Waals surface area contributed by atoms with E-state index in [1.54, 1.807) is 28.1 Å². The van der Waals surface area contributed by atoms with Gasteiger partial charge in [-0.2, -0.15) is 0 Å². The molecule has 0 spiro atoms. The van der Waals surface area contributed by atoms with Crippen molar-refractivity contribution in [1.29, 1.82) is 0 Å². The monoisotopic (exact) mass is 1110 g/mol. The first-order chi connectivity index (χ1) is 37.9. The fourth-order valence-electron chi connectivity index (χ4n) is 11.2. The average molecular weight is 1110 g/mol. The fourth-order valence-corrected chi connectivity index (χ4v) is 17.5. The number of H-pyrrole nitrogens is 2. The zero-order chi connectivity index (χ0) is 55.7. The molecule has 20 heteroatoms. The molecular formula is C59H65N4O14PSi. The molecule has 0 aliphatic carbocycles. The van der Waals surface area contributed by atoms with Gasteiger partial charge in [0.05, 0.1) is 33.5 Å². The zero-order valence-electron chi connectivity index (χ0n) is 45.1. The van der Waals surface area contributed by atoms with E-state index in [4.69, 9.17) is 41.7 Å². The number of methoxy groups -OCH3 is 2. The minimum Gasteiger partial charge on any atom is -0.497 e. The van der Waals surface area contributed by atoms with E-state index in [2.05, 4.69) is 55.0 Å². The van der Waals surface area contributed by atoms with Crippen molar-refractivity contribution < 1.29 is 46.2 Å². The lowest BCUT2D eigenvalue weighted by atomic mass is 9.80. The van der Waals surface area contributed by atoms with E-state index in [9.17, 15) is 19.2 Å². The van der Waals surface area contributed by atoms with Crippen LogP contribution in [0.2, 0.25) is 5.04 Å². The zero-order valence-corrected chi connectivity index (χ0v) is 47.0. The Balaban J connectivity index is 1.02. The Hall–Kier alpha value is -6.77. The number of aryl methyl sites for hydroxylation is 2. The first-order valence-electron chi connectivity index (χ1n) is 26.3. The van der Waals surface area contributed by atoms with Crippen LogP contribution in [0.15, 0.2) is 171 Å². The predicted octanol–water partition coefficient (Wildman–Crippen LogP) is 7.55. The van der Waals surface area contributed by atoms with E-state index in [0.29, 0.717) is 17.1 Å². The van der Waals surface area contributed by atoms with Crippen LogP contribution in [-0.4, -0.2) is 85.4 Å². The Morgan fingerprint density at radius 3 is 1.59 bits per heavy atom. The molecule has 7 aromatic rings. The second kappa shape index (κ2) is 22.8. The van der Waals surface area contributed by atoms with Crippen LogP contribution >= 0.6 is 7.82 Å². The number of phosphoric acid groups is 1. The van der Waals surface area contributed by atoms with Crippen LogP contribution in [0, 0.1) is 13.8 Å². The molecule has 2 aromatic heterocycles. The summed E-state index contributed by atoms with van der Waals surface area (Å²) in [6.07, 6.45) is -3.68. The van der Waals surface area contributed by atoms with Gasteiger partial charge >= 0.3 is 19.2 Å². The van der Waals surface area contributed by atoms with Crippen molar-refractivity contribution in [3.8, 4) is 11.5 Å². The minimum atomic E-state index is -4.60. The molecule has 0 radical (unpaired) electrons. The first kappa shape index (κ1) is 55.5. The van der Waals surface area contributed by atoms with Gasteiger partial charge in [0.25, 0.3) is 19.4 Å². The lowest BCUT2D eigenvalue weighted by molar-refractivity contribution is -0.112. The Labute approximate surface area is 457 Å². The summed E-state index contributed by atoms with van der Waals surface area (Å²) in [4.78, 5) is 57.2. The molecule has 79 heavy (non-hydrogen) atoms. The van der Waals surface area contributed by atoms with E-state index in [-0.39, 0.29) is 38.0 Å². The third-order valence-corrected chi connectivity index (χ3v) is 21.8. The molecule has 414 valence electrons. The summed E-state index contributed by atoms with van der Waals surface area (Å²) < 4.78 is 77.1. The molecule has 0 bridgehead atoms. The van der Waals surface area contributed by atoms with Gasteiger partial charge in [-0.1, -0.05) is 136 Å². The highest BCUT2D eigenvalue weighted by molar-refractivity contribution is 7.48. The van der Waals surface area contributed by atoms with Crippen LogP contribution in [0.3, 0.4) is 0 Å². The standard InChI is InChI=1S/C59H65N4O14PSi/c1-38-35-62(56(66)60-54(38)64)51-33-48(50(73-51)37-71-59(40-17-11-8-12-18-40,41-23-27-43(69-6)28-24-41)42-25-29-44(70-7)30-26-42)76-78(68)72-32-31-47(75-78)53-49(34-52(74-53)63-36-39(2)55(65)61-57(63)67)77-79(58(3,4)5,45-19-13-9-14-20-45)46-21-15-10-16-22-46/h8-30,35-36,47-53H,31-34,37H2,1-7H3,(H,60,64,66)(H,61,65,67)/t47-,48+,49+,50-,51-,52-,53-,78-/m1/s1. The SMILES string of the molecule is COc1ccc(C(OC[C@H]2O[C@@H](n3cc(C)c(=O)[nH]c3=O)C[C@@H]2O[P@]2(=O)OCC[C@H]([C@H]3O[C@@H](n4cc(C)c(=O)[nH]c4=O)C[C@@H]3O[Si](c3ccccc3)(c3ccccc3)C(C)(C)C)O2)(c2ccccc2)c2ccc(OC)cc2)cc1. The number of ether oxygens (including phenoxy) is 5. The minimum absolute atomic E-state index is 0.0553. The van der Waals surface area contributed by atoms with Gasteiger partial charge in [0.2, 0.25) is 0 Å². The molecule has 5 heterocycles. The molecule has 18 nitrogen and oxygen atoms in total. The molecule has 0 saturated carbocycles. The number of hydrogen-bond donors (Lipinski definition) is 2. The summed E-state index contributed by atoms with van der Waals surface area (Å²) in [6.45, 7) is 9.36. The largest absolute Gasteiger partial charge is 0.497 e. The summed E-state index contributed by atoms with van der Waals surface area (Å²) in [6, 6.07) is 44.9. The molecule has 3 saturated heterocycles. The molecule has 3 fully saturated rings. The molecule has 2 N–H and O–H groups in total. The van der Waals surface area contributed by atoms with Gasteiger partial charge in [0.1, 0.15) is 54.0 Å². The molecule has 5 aromatic carbocycles. The van der Waals surface area contributed by atoms with Gasteiger partial charge in [-0.3, -0.25) is 42.3 Å². The van der Waals surface area contributed by atoms with Crippen LogP contribution in [0.5, 0.6) is 11.5 Å². The van der Waals surface area contributed by atoms with Crippen LogP contribution in [0.1, 0.15) is 80.3 Å². The van der Waals surface area contributed by atoms with Crippen molar-refractivity contribution >= 4 is 26.5 Å². The van der Waals surface area contributed by atoms with Crippen molar-refractivity contribution in [2.45, 2.75) is 107 Å². The molecule has 0 amide bonds. The topological polar surface area (TPSA) is 210 Å². The number of aromatic nitrogens is 4. The Morgan fingerprint density at radius 2 is 1.10 bits per heavy atom. The smallest absolute Gasteiger partial charge is 0.475 e. The number of benzene rings is 5. The van der Waals surface area contributed by atoms with E-state index >= 15 is 4.57 Å². The quantitative estimate of drug-likeness (QED) is 0.0513. The molecule has 10 rings (SSSR count). The number of nitrogens with one attached hydrogen (secondary N) is 2. The predicted molar refractivity (Wildman–Crippen MR) is 298 cm³/mol. The van der Waals surface area contributed by atoms with Gasteiger partial charge in [0, 0.05) is 42.8 Å². The molecule has 0 unspecified atom stereocenters. The Morgan fingerprint density at radius 1 is 0.633 bits per heavy atom. The molecule has 3 aliphatic rings. The van der Waals surface area contributed by atoms with Crippen molar-refractivity contribution in [1.82, 2.24) is 19.1 Å². The lowest BCUT2D eigenvalue weighted by Crippen LogP contribution is -2.68. The summed E-state index contributed by atoms with van der Waals surface area (Å²) in [5, 5.41) is 1.54. The second-order valence-corrected chi connectivity index (χ2v) is 26.9. The van der Waals surface area contributed by atoms with E-state index in [0.717, 1.165) is 27.1 Å². The number of hydrogen-bond acceptors (Lipinski definition) is 14. The third kappa shape index (κ3) is 11.0. The second-order valence-electron chi connectivity index (χ2n) is 21.1. The van der Waals surface area contributed by atoms with E-state index in [1.807, 2.05) is 115 Å². The molecular weight excluding hydrogens is 1050 g/mol. The number of phosphoric ester groups is 1. The fraction of sp³-hybridized carbons (Fsp3) is 0.356. The Bertz CT molecular complexity index is 3450. The first-order valence-corrected chi connectivity index (χ1v) is 29.7. The van der Waals surface area contributed by atoms with Gasteiger partial charge < -0.3 is 28.1 Å². The summed E-state index contributed by atoms with van der Waals surface area (Å²) in [5.74, 6) is 1.26. The van der Waals surface area contributed by atoms with Gasteiger partial charge in [0.15, 0.2) is 0 Å². The van der Waals surface area contributed by atoms with E-state index in [1.165, 1.54) is 21.5 Å². The van der Waals surface area contributed by atoms with Crippen LogP contribution in [-0.2, 0) is 42.4 Å². The highest BCUT2D eigenvalue weighted by Gasteiger charge is 2.57. The van der Waals surface area contributed by atoms with Crippen LogP contribution in [0.25, 0.3) is 0 Å². The van der Waals surface area contributed by atoms with Crippen molar-refractivity contribution in [3.05, 3.63) is 221 Å². The number of rotatable bonds is 17.